The fourth-order valence-corrected chi connectivity index (χ4v) is 4.81. The molecule has 2 aromatic rings. The van der Waals surface area contributed by atoms with Gasteiger partial charge in [0.05, 0.1) is 18.1 Å². The van der Waals surface area contributed by atoms with Gasteiger partial charge in [-0.1, -0.05) is 41.4 Å². The number of morpholine rings is 1. The maximum atomic E-state index is 12.9. The van der Waals surface area contributed by atoms with E-state index < -0.39 is 25.5 Å². The van der Waals surface area contributed by atoms with Crippen molar-refractivity contribution in [1.29, 1.82) is 0 Å². The van der Waals surface area contributed by atoms with Crippen molar-refractivity contribution in [3.05, 3.63) is 68.7 Å². The second kappa shape index (κ2) is 9.19. The minimum Gasteiger partial charge on any atom is -0.379 e. The number of sulfonamides is 1. The molecule has 0 aromatic heterocycles. The second-order valence-corrected chi connectivity index (χ2v) is 8.97. The standard InChI is InChI=1S/C19H22ClN3O5S/c1-14-3-2-4-15(11-14)18(22-7-9-28-10-8-22)13-21-29(26,27)19-12-16(20)5-6-17(19)23(24)25/h2-6,11-12,18,21H,7-10,13H2,1H3. The summed E-state index contributed by atoms with van der Waals surface area (Å²) in [7, 11) is -4.14. The highest BCUT2D eigenvalue weighted by atomic mass is 35.5. The van der Waals surface area contributed by atoms with Crippen molar-refractivity contribution >= 4 is 27.3 Å². The second-order valence-electron chi connectivity index (χ2n) is 6.80. The molecule has 1 N–H and O–H groups in total. The molecule has 1 fully saturated rings. The van der Waals surface area contributed by atoms with E-state index in [1.165, 1.54) is 6.07 Å². The van der Waals surface area contributed by atoms with Crippen molar-refractivity contribution in [2.24, 2.45) is 0 Å². The maximum absolute atomic E-state index is 12.9. The van der Waals surface area contributed by atoms with Crippen LogP contribution in [0.4, 0.5) is 5.69 Å². The Hall–Kier alpha value is -2.04. The van der Waals surface area contributed by atoms with Gasteiger partial charge in [-0.15, -0.1) is 0 Å². The highest BCUT2D eigenvalue weighted by Crippen LogP contribution is 2.28. The van der Waals surface area contributed by atoms with E-state index in [-0.39, 0.29) is 17.6 Å². The first-order chi connectivity index (χ1) is 13.8. The number of hydrogen-bond donors (Lipinski definition) is 1. The molecule has 1 heterocycles. The molecule has 0 amide bonds. The molecule has 10 heteroatoms. The third-order valence-corrected chi connectivity index (χ3v) is 6.48. The van der Waals surface area contributed by atoms with Crippen LogP contribution in [0, 0.1) is 17.0 Å². The average Bonchev–Trinajstić information content (AvgIpc) is 2.68. The smallest absolute Gasteiger partial charge is 0.289 e. The molecule has 3 rings (SSSR count). The van der Waals surface area contributed by atoms with E-state index in [4.69, 9.17) is 16.3 Å². The molecule has 0 aliphatic carbocycles. The van der Waals surface area contributed by atoms with Crippen molar-refractivity contribution in [3.8, 4) is 0 Å². The van der Waals surface area contributed by atoms with Gasteiger partial charge in [-0.2, -0.15) is 0 Å². The Labute approximate surface area is 174 Å². The minimum atomic E-state index is -4.14. The van der Waals surface area contributed by atoms with Gasteiger partial charge >= 0.3 is 0 Å². The molecule has 8 nitrogen and oxygen atoms in total. The van der Waals surface area contributed by atoms with Gasteiger partial charge in [0.25, 0.3) is 5.69 Å². The van der Waals surface area contributed by atoms with E-state index in [9.17, 15) is 18.5 Å². The molecule has 1 aliphatic rings. The van der Waals surface area contributed by atoms with Crippen LogP contribution in [0.2, 0.25) is 5.02 Å². The lowest BCUT2D eigenvalue weighted by Gasteiger charge is -2.35. The number of aryl methyl sites for hydroxylation is 1. The molecule has 1 saturated heterocycles. The highest BCUT2D eigenvalue weighted by Gasteiger charge is 2.29. The van der Waals surface area contributed by atoms with Crippen LogP contribution in [0.15, 0.2) is 47.4 Å². The minimum absolute atomic E-state index is 0.0649. The van der Waals surface area contributed by atoms with Gasteiger partial charge in [-0.25, -0.2) is 13.1 Å². The monoisotopic (exact) mass is 439 g/mol. The number of nitrogens with one attached hydrogen (secondary N) is 1. The number of hydrogen-bond acceptors (Lipinski definition) is 6. The van der Waals surface area contributed by atoms with Crippen molar-refractivity contribution in [2.75, 3.05) is 32.8 Å². The summed E-state index contributed by atoms with van der Waals surface area (Å²) in [5.74, 6) is 0. The van der Waals surface area contributed by atoms with Crippen LogP contribution in [-0.4, -0.2) is 51.1 Å². The number of nitro groups is 1. The predicted octanol–water partition coefficient (Wildman–Crippen LogP) is 2.91. The van der Waals surface area contributed by atoms with Crippen LogP contribution >= 0.6 is 11.6 Å². The number of halogens is 1. The molecule has 1 aliphatic heterocycles. The van der Waals surface area contributed by atoms with Crippen LogP contribution in [0.1, 0.15) is 17.2 Å². The lowest BCUT2D eigenvalue weighted by Crippen LogP contribution is -2.43. The van der Waals surface area contributed by atoms with Gasteiger partial charge < -0.3 is 4.74 Å². The Morgan fingerprint density at radius 2 is 1.97 bits per heavy atom. The van der Waals surface area contributed by atoms with E-state index in [0.29, 0.717) is 26.3 Å². The van der Waals surface area contributed by atoms with Crippen molar-refractivity contribution < 1.29 is 18.1 Å². The Morgan fingerprint density at radius 3 is 2.62 bits per heavy atom. The lowest BCUT2D eigenvalue weighted by molar-refractivity contribution is -0.387. The number of nitrogens with zero attached hydrogens (tertiary/aromatic N) is 2. The molecule has 156 valence electrons. The molecule has 0 radical (unpaired) electrons. The van der Waals surface area contributed by atoms with Crippen LogP contribution in [0.5, 0.6) is 0 Å². The topological polar surface area (TPSA) is 102 Å². The zero-order valence-electron chi connectivity index (χ0n) is 15.9. The predicted molar refractivity (Wildman–Crippen MR) is 110 cm³/mol. The number of nitro benzene ring substituents is 1. The Balaban J connectivity index is 1.89. The van der Waals surface area contributed by atoms with E-state index in [1.54, 1.807) is 0 Å². The molecule has 0 bridgehead atoms. The summed E-state index contributed by atoms with van der Waals surface area (Å²) in [4.78, 5) is 12.2. The molecular weight excluding hydrogens is 418 g/mol. The van der Waals surface area contributed by atoms with Gasteiger partial charge in [0.15, 0.2) is 4.90 Å². The normalized spacial score (nSPS) is 16.5. The van der Waals surface area contributed by atoms with Gasteiger partial charge in [-0.05, 0) is 24.6 Å². The summed E-state index contributed by atoms with van der Waals surface area (Å²) >= 11 is 5.89. The highest BCUT2D eigenvalue weighted by molar-refractivity contribution is 7.89. The van der Waals surface area contributed by atoms with E-state index in [1.807, 2.05) is 31.2 Å². The molecular formula is C19H22ClN3O5S. The summed E-state index contributed by atoms with van der Waals surface area (Å²) < 4.78 is 33.7. The molecule has 0 spiro atoms. The maximum Gasteiger partial charge on any atom is 0.289 e. The van der Waals surface area contributed by atoms with E-state index in [0.717, 1.165) is 23.3 Å². The zero-order valence-corrected chi connectivity index (χ0v) is 17.4. The van der Waals surface area contributed by atoms with Gasteiger partial charge in [0.2, 0.25) is 10.0 Å². The lowest BCUT2D eigenvalue weighted by atomic mass is 10.0. The SMILES string of the molecule is Cc1cccc(C(CNS(=O)(=O)c2cc(Cl)ccc2[N+](=O)[O-])N2CCOCC2)c1. The first-order valence-corrected chi connectivity index (χ1v) is 11.0. The summed E-state index contributed by atoms with van der Waals surface area (Å²) in [6, 6.07) is 11.1. The average molecular weight is 440 g/mol. The van der Waals surface area contributed by atoms with Crippen LogP contribution in [0.3, 0.4) is 0 Å². The van der Waals surface area contributed by atoms with Crippen LogP contribution in [0.25, 0.3) is 0 Å². The Kier molecular flexibility index (Phi) is 6.86. The summed E-state index contributed by atoms with van der Waals surface area (Å²) in [6.45, 7) is 4.49. The molecule has 1 atom stereocenters. The Morgan fingerprint density at radius 1 is 1.24 bits per heavy atom. The van der Waals surface area contributed by atoms with Gasteiger partial charge in [0.1, 0.15) is 0 Å². The molecule has 2 aromatic carbocycles. The van der Waals surface area contributed by atoms with Crippen molar-refractivity contribution in [2.45, 2.75) is 17.9 Å². The van der Waals surface area contributed by atoms with Crippen LogP contribution < -0.4 is 4.72 Å². The fourth-order valence-electron chi connectivity index (χ4n) is 3.34. The molecule has 29 heavy (non-hydrogen) atoms. The van der Waals surface area contributed by atoms with Gasteiger partial charge in [-0.3, -0.25) is 15.0 Å². The van der Waals surface area contributed by atoms with Gasteiger partial charge in [0, 0.05) is 36.8 Å². The Bertz CT molecular complexity index is 993. The molecule has 1 unspecified atom stereocenters. The largest absolute Gasteiger partial charge is 0.379 e. The number of rotatable bonds is 7. The first kappa shape index (κ1) is 21.7. The van der Waals surface area contributed by atoms with Crippen molar-refractivity contribution in [1.82, 2.24) is 9.62 Å². The summed E-state index contributed by atoms with van der Waals surface area (Å²) in [5.41, 5.74) is 1.52. The van der Waals surface area contributed by atoms with Crippen molar-refractivity contribution in [3.63, 3.8) is 0 Å². The number of benzene rings is 2. The summed E-state index contributed by atoms with van der Waals surface area (Å²) in [5, 5.41) is 11.4. The third-order valence-electron chi connectivity index (χ3n) is 4.79. The first-order valence-electron chi connectivity index (χ1n) is 9.10. The fraction of sp³-hybridized carbons (Fsp3) is 0.368. The third kappa shape index (κ3) is 5.31. The number of ether oxygens (including phenoxy) is 1. The summed E-state index contributed by atoms with van der Waals surface area (Å²) in [6.07, 6.45) is 0. The van der Waals surface area contributed by atoms with E-state index >= 15 is 0 Å². The molecule has 0 saturated carbocycles. The van der Waals surface area contributed by atoms with E-state index in [2.05, 4.69) is 9.62 Å². The van der Waals surface area contributed by atoms with Crippen LogP contribution in [-0.2, 0) is 14.8 Å². The zero-order chi connectivity index (χ0) is 21.0. The quantitative estimate of drug-likeness (QED) is 0.525.